The van der Waals surface area contributed by atoms with Gasteiger partial charge in [0.1, 0.15) is 40.7 Å². The molecule has 0 spiro atoms. The van der Waals surface area contributed by atoms with Crippen LogP contribution in [-0.2, 0) is 54.1 Å². The number of thioether (sulfide) groups is 1. The van der Waals surface area contributed by atoms with Crippen molar-refractivity contribution in [2.45, 2.75) is 133 Å². The Bertz CT molecular complexity index is 2180. The fourth-order valence-electron chi connectivity index (χ4n) is 9.73. The summed E-state index contributed by atoms with van der Waals surface area (Å²) in [7, 11) is 7.52. The Kier molecular flexibility index (Phi) is 17.0. The van der Waals surface area contributed by atoms with Crippen LogP contribution in [0.4, 0.5) is 10.5 Å². The predicted molar refractivity (Wildman–Crippen MR) is 253 cm³/mol. The first-order valence-corrected chi connectivity index (χ1v) is 24.6. The normalized spacial score (nSPS) is 32.7. The van der Waals surface area contributed by atoms with Crippen LogP contribution in [0.25, 0.3) is 0 Å². The number of likely N-dealkylation sites (N-methyl/N-ethyl adjacent to an activating group) is 1. The van der Waals surface area contributed by atoms with Crippen LogP contribution in [0.5, 0.6) is 5.75 Å². The molecule has 1 aromatic carbocycles. The summed E-state index contributed by atoms with van der Waals surface area (Å²) in [6, 6.07) is 2.43. The Morgan fingerprint density at radius 3 is 2.47 bits per heavy atom. The number of aliphatic hydroxyl groups is 1. The van der Waals surface area contributed by atoms with Gasteiger partial charge in [-0.3, -0.25) is 34.2 Å². The van der Waals surface area contributed by atoms with Gasteiger partial charge >= 0.3 is 12.1 Å². The van der Waals surface area contributed by atoms with Crippen molar-refractivity contribution in [2.75, 3.05) is 52.6 Å². The van der Waals surface area contributed by atoms with E-state index in [1.54, 1.807) is 52.2 Å². The number of fused-ring (bicyclic) bond motifs is 5. The van der Waals surface area contributed by atoms with Crippen LogP contribution in [0.2, 0.25) is 5.02 Å². The van der Waals surface area contributed by atoms with Gasteiger partial charge in [0, 0.05) is 71.6 Å². The van der Waals surface area contributed by atoms with E-state index in [1.807, 2.05) is 13.0 Å². The largest absolute Gasteiger partial charge is 0.495 e. The molecule has 2 unspecified atom stereocenters. The minimum Gasteiger partial charge on any atom is -0.495 e. The molecule has 4 aliphatic heterocycles. The number of carbonyl (C=O) groups excluding carboxylic acids is 7. The van der Waals surface area contributed by atoms with Crippen molar-refractivity contribution >= 4 is 70.6 Å². The Morgan fingerprint density at radius 1 is 1.10 bits per heavy atom. The van der Waals surface area contributed by atoms with Crippen LogP contribution >= 0.6 is 23.4 Å². The number of likely N-dealkylation sites (tertiary alicyclic amines) is 1. The van der Waals surface area contributed by atoms with Crippen LogP contribution in [0.3, 0.4) is 0 Å². The topological polar surface area (TPSA) is 223 Å². The zero-order chi connectivity index (χ0) is 49.8. The van der Waals surface area contributed by atoms with Gasteiger partial charge in [0.2, 0.25) is 29.5 Å². The summed E-state index contributed by atoms with van der Waals surface area (Å²) >= 11 is 8.03. The highest BCUT2D eigenvalue weighted by Gasteiger charge is 2.64. The van der Waals surface area contributed by atoms with Crippen molar-refractivity contribution < 1.29 is 62.4 Å². The summed E-state index contributed by atoms with van der Waals surface area (Å²) in [5.41, 5.74) is -1.14. The molecule has 1 saturated carbocycles. The van der Waals surface area contributed by atoms with E-state index in [1.165, 1.54) is 54.7 Å². The summed E-state index contributed by atoms with van der Waals surface area (Å²) in [4.78, 5) is 97.2. The molecule has 4 bridgehead atoms. The lowest BCUT2D eigenvalue weighted by Gasteiger charge is -2.42. The van der Waals surface area contributed by atoms with Gasteiger partial charge in [-0.1, -0.05) is 42.3 Å². The maximum Gasteiger partial charge on any atom is 0.409 e. The first-order chi connectivity index (χ1) is 32.1. The number of halogens is 1. The average molecular weight is 989 g/mol. The molecule has 374 valence electrons. The summed E-state index contributed by atoms with van der Waals surface area (Å²) in [6.45, 7) is 7.19. The Balaban J connectivity index is 1.15. The second kappa shape index (κ2) is 21.9. The molecule has 0 radical (unpaired) electrons. The molecule has 6 amide bonds. The monoisotopic (exact) mass is 987 g/mol. The highest BCUT2D eigenvalue weighted by Crippen LogP contribution is 2.49. The third-order valence-corrected chi connectivity index (χ3v) is 15.9. The van der Waals surface area contributed by atoms with Crippen molar-refractivity contribution in [3.05, 3.63) is 46.5 Å². The molecule has 4 heterocycles. The van der Waals surface area contributed by atoms with E-state index in [2.05, 4.69) is 10.6 Å². The van der Waals surface area contributed by atoms with E-state index in [4.69, 9.17) is 35.3 Å². The van der Waals surface area contributed by atoms with Gasteiger partial charge in [-0.15, -0.1) is 11.8 Å². The molecule has 18 nitrogen and oxygen atoms in total. The van der Waals surface area contributed by atoms with Gasteiger partial charge in [0.05, 0.1) is 30.6 Å². The second-order valence-corrected chi connectivity index (χ2v) is 20.6. The molecule has 6 rings (SSSR count). The number of hydrogen-bond donors (Lipinski definition) is 3. The van der Waals surface area contributed by atoms with Crippen LogP contribution in [-0.4, -0.2) is 151 Å². The number of epoxide rings is 1. The number of hydrogen-bond acceptors (Lipinski definition) is 14. The molecule has 1 aliphatic carbocycles. The molecule has 1 aromatic rings. The summed E-state index contributed by atoms with van der Waals surface area (Å²) < 4.78 is 29.4. The Labute approximate surface area is 407 Å². The first-order valence-electron chi connectivity index (χ1n) is 23.2. The SMILES string of the molecule is CNC(=O)C1CCC(CN2C(=O)CC(SCCC(=O)N(C)[C@@H](C)C(=O)O[C@H]3CC(=O)N(C)c4cc(cc(OC)c4Cl)C/C(C)=C/C=C/[C@@H](OC)[C@@]4(O)CC(OC(=O)N4)[C@@H](C)[C@@H]4O[C@@]34C)C2=O)CC1. The van der Waals surface area contributed by atoms with Crippen molar-refractivity contribution in [1.29, 1.82) is 0 Å². The summed E-state index contributed by atoms with van der Waals surface area (Å²) in [6.07, 6.45) is 3.39. The summed E-state index contributed by atoms with van der Waals surface area (Å²) in [5, 5.41) is 16.6. The van der Waals surface area contributed by atoms with Crippen LogP contribution in [0.15, 0.2) is 35.9 Å². The molecule has 68 heavy (non-hydrogen) atoms. The van der Waals surface area contributed by atoms with Crippen LogP contribution in [0.1, 0.15) is 84.6 Å². The van der Waals surface area contributed by atoms with E-state index in [0.717, 1.165) is 24.0 Å². The number of anilines is 1. The average Bonchev–Trinajstić information content (AvgIpc) is 3.94. The fraction of sp³-hybridized carbons (Fsp3) is 0.646. The Morgan fingerprint density at radius 2 is 1.81 bits per heavy atom. The molecule has 5 aliphatic rings. The Hall–Kier alpha value is -4.69. The van der Waals surface area contributed by atoms with Gasteiger partial charge < -0.3 is 43.9 Å². The maximum atomic E-state index is 14.3. The predicted octanol–water partition coefficient (Wildman–Crippen LogP) is 4.32. The van der Waals surface area contributed by atoms with Crippen LogP contribution in [0, 0.1) is 17.8 Å². The molecule has 9 atom stereocenters. The zero-order valence-corrected chi connectivity index (χ0v) is 41.9. The molecule has 0 aromatic heterocycles. The van der Waals surface area contributed by atoms with E-state index in [9.17, 15) is 38.7 Å². The number of imide groups is 1. The number of ether oxygens (including phenoxy) is 5. The quantitative estimate of drug-likeness (QED) is 0.151. The second-order valence-electron chi connectivity index (χ2n) is 18.9. The molecule has 20 heteroatoms. The minimum atomic E-state index is -1.87. The van der Waals surface area contributed by atoms with Crippen molar-refractivity contribution in [1.82, 2.24) is 20.4 Å². The number of nitrogens with one attached hydrogen (secondary N) is 2. The number of allylic oxidation sites excluding steroid dienone is 3. The van der Waals surface area contributed by atoms with E-state index in [-0.39, 0.29) is 66.0 Å². The van der Waals surface area contributed by atoms with E-state index < -0.39 is 76.8 Å². The maximum absolute atomic E-state index is 14.3. The number of alkyl carbamates (subject to hydrolysis) is 1. The minimum absolute atomic E-state index is 0.0137. The number of rotatable bonds is 12. The summed E-state index contributed by atoms with van der Waals surface area (Å²) in [5.74, 6) is -2.17. The zero-order valence-electron chi connectivity index (χ0n) is 40.3. The van der Waals surface area contributed by atoms with E-state index in [0.29, 0.717) is 37.2 Å². The number of amides is 6. The van der Waals surface area contributed by atoms with Gasteiger partial charge in [-0.25, -0.2) is 9.59 Å². The van der Waals surface area contributed by atoms with Crippen molar-refractivity contribution in [2.24, 2.45) is 17.8 Å². The van der Waals surface area contributed by atoms with Gasteiger partial charge in [-0.05, 0) is 76.5 Å². The van der Waals surface area contributed by atoms with Gasteiger partial charge in [0.25, 0.3) is 0 Å². The lowest BCUT2D eigenvalue weighted by atomic mass is 9.81. The fourth-order valence-corrected chi connectivity index (χ4v) is 11.1. The number of methoxy groups -OCH3 is 2. The molecular formula is C48H66ClN5O13S. The third kappa shape index (κ3) is 11.7. The number of carbonyl (C=O) groups is 7. The number of nitrogens with zero attached hydrogens (tertiary/aromatic N) is 3. The van der Waals surface area contributed by atoms with Crippen LogP contribution < -0.4 is 20.3 Å². The third-order valence-electron chi connectivity index (χ3n) is 14.3. The highest BCUT2D eigenvalue weighted by molar-refractivity contribution is 8.00. The van der Waals surface area contributed by atoms with Crippen molar-refractivity contribution in [3.8, 4) is 5.75 Å². The molecule has 3 N–H and O–H groups in total. The standard InChI is InChI=1S/C48H66ClN5O13S/c1-26-11-10-12-36(64-9)48(62)24-34(65-46(61)51-48)27(2)42-47(4,67-42)37(23-39(56)53(7)32-20-30(19-26)21-33(63-8)41(32)49)66-45(60)28(3)52(6)38(55)17-18-68-35-22-40(57)54(44(35)59)25-29-13-15-31(16-14-29)43(58)50-5/h10-12,20-21,27-29,31,34-37,42,62H,13-19,22-25H2,1-9H3,(H,50,58)(H,51,61)/b12-10+,26-11+/t27-,28+,29?,31?,34?,35?,36-,37+,42+,47+,48+/m1/s1. The number of esters is 1. The lowest BCUT2D eigenvalue weighted by molar-refractivity contribution is -0.162. The van der Waals surface area contributed by atoms with E-state index >= 15 is 0 Å². The first kappa shape index (κ1) is 52.7. The van der Waals surface area contributed by atoms with Gasteiger partial charge in [0.15, 0.2) is 5.72 Å². The lowest BCUT2D eigenvalue weighted by Crippen LogP contribution is -2.63. The van der Waals surface area contributed by atoms with Gasteiger partial charge in [-0.2, -0.15) is 0 Å². The highest BCUT2D eigenvalue weighted by atomic mass is 35.5. The number of benzene rings is 1. The molecule has 3 saturated heterocycles. The molecular weight excluding hydrogens is 922 g/mol. The smallest absolute Gasteiger partial charge is 0.409 e. The van der Waals surface area contributed by atoms with Crippen molar-refractivity contribution in [3.63, 3.8) is 0 Å². The molecule has 4 fully saturated rings.